The maximum atomic E-state index is 12.5. The molecule has 0 atom stereocenters. The van der Waals surface area contributed by atoms with Gasteiger partial charge in [-0.15, -0.1) is 0 Å². The van der Waals surface area contributed by atoms with E-state index in [9.17, 15) is 14.4 Å². The number of benzene rings is 2. The Morgan fingerprint density at radius 3 is 2.23 bits per heavy atom. The molecule has 0 unspecified atom stereocenters. The molecule has 0 fully saturated rings. The number of nitrogens with zero attached hydrogens (tertiary/aromatic N) is 4. The number of hydrogen-bond donors (Lipinski definition) is 1. The molecule has 3 amide bonds. The van der Waals surface area contributed by atoms with Crippen molar-refractivity contribution in [1.82, 2.24) is 14.7 Å². The third-order valence-electron chi connectivity index (χ3n) is 5.21. The number of carbonyl (C=O) groups is 3. The van der Waals surface area contributed by atoms with Gasteiger partial charge in [-0.05, 0) is 29.8 Å². The number of anilines is 2. The number of rotatable bonds is 7. The molecule has 0 aliphatic carbocycles. The lowest BCUT2D eigenvalue weighted by molar-refractivity contribution is -0.116. The zero-order chi connectivity index (χ0) is 22.0. The minimum absolute atomic E-state index is 0.00812. The highest BCUT2D eigenvalue weighted by Gasteiger charge is 2.34. The Labute approximate surface area is 180 Å². The molecular weight excluding hydrogens is 394 g/mol. The van der Waals surface area contributed by atoms with E-state index in [0.29, 0.717) is 23.5 Å². The summed E-state index contributed by atoms with van der Waals surface area (Å²) in [5, 5.41) is 7.10. The molecule has 0 saturated heterocycles. The molecule has 4 rings (SSSR count). The molecule has 8 nitrogen and oxygen atoms in total. The first-order valence-corrected chi connectivity index (χ1v) is 9.97. The highest BCUT2D eigenvalue weighted by Crippen LogP contribution is 2.22. The lowest BCUT2D eigenvalue weighted by atomic mass is 10.1. The average Bonchev–Trinajstić information content (AvgIpc) is 3.29. The Hall–Kier alpha value is -3.94. The van der Waals surface area contributed by atoms with Crippen molar-refractivity contribution in [3.05, 3.63) is 77.5 Å². The van der Waals surface area contributed by atoms with Crippen LogP contribution in [0.3, 0.4) is 0 Å². The molecule has 0 spiro atoms. The van der Waals surface area contributed by atoms with Crippen molar-refractivity contribution in [1.29, 1.82) is 0 Å². The fraction of sp³-hybridized carbons (Fsp3) is 0.217. The standard InChI is InChI=1S/C23H23N5O3/c1-26(2)17-9-7-16(8-10-17)15-28-20(11-13-24-28)25-21(29)12-14-27-22(30)18-5-3-4-6-19(18)23(27)31/h3-11,13H,12,14-15H2,1-2H3,(H,25,29). The minimum Gasteiger partial charge on any atom is -0.378 e. The van der Waals surface area contributed by atoms with E-state index < -0.39 is 0 Å². The summed E-state index contributed by atoms with van der Waals surface area (Å²) in [7, 11) is 3.97. The van der Waals surface area contributed by atoms with Gasteiger partial charge >= 0.3 is 0 Å². The van der Waals surface area contributed by atoms with Gasteiger partial charge in [0.15, 0.2) is 0 Å². The lowest BCUT2D eigenvalue weighted by Gasteiger charge is -2.15. The van der Waals surface area contributed by atoms with Crippen LogP contribution >= 0.6 is 0 Å². The van der Waals surface area contributed by atoms with Crippen molar-refractivity contribution in [2.75, 3.05) is 30.9 Å². The fourth-order valence-electron chi connectivity index (χ4n) is 3.50. The maximum absolute atomic E-state index is 12.5. The number of fused-ring (bicyclic) bond motifs is 1. The van der Waals surface area contributed by atoms with Crippen LogP contribution in [0.25, 0.3) is 0 Å². The second-order valence-electron chi connectivity index (χ2n) is 7.54. The van der Waals surface area contributed by atoms with Crippen LogP contribution in [0.15, 0.2) is 60.8 Å². The van der Waals surface area contributed by atoms with Gasteiger partial charge in [-0.1, -0.05) is 24.3 Å². The van der Waals surface area contributed by atoms with Gasteiger partial charge in [-0.2, -0.15) is 5.10 Å². The van der Waals surface area contributed by atoms with Crippen molar-refractivity contribution in [2.45, 2.75) is 13.0 Å². The quantitative estimate of drug-likeness (QED) is 0.597. The molecule has 3 aromatic rings. The van der Waals surface area contributed by atoms with Gasteiger partial charge in [0.2, 0.25) is 5.91 Å². The molecule has 31 heavy (non-hydrogen) atoms. The van der Waals surface area contributed by atoms with Crippen LogP contribution in [0.5, 0.6) is 0 Å². The number of aromatic nitrogens is 2. The third-order valence-corrected chi connectivity index (χ3v) is 5.21. The van der Waals surface area contributed by atoms with Crippen LogP contribution in [0, 0.1) is 0 Å². The predicted octanol–water partition coefficient (Wildman–Crippen LogP) is 2.62. The van der Waals surface area contributed by atoms with Gasteiger partial charge in [0, 0.05) is 38.8 Å². The summed E-state index contributed by atoms with van der Waals surface area (Å²) >= 11 is 0. The van der Waals surface area contributed by atoms with E-state index in [0.717, 1.165) is 16.2 Å². The summed E-state index contributed by atoms with van der Waals surface area (Å²) in [6.45, 7) is 0.535. The van der Waals surface area contributed by atoms with E-state index in [1.165, 1.54) is 0 Å². The minimum atomic E-state index is -0.361. The Morgan fingerprint density at radius 1 is 0.968 bits per heavy atom. The topological polar surface area (TPSA) is 87.5 Å². The predicted molar refractivity (Wildman–Crippen MR) is 117 cm³/mol. The molecule has 1 N–H and O–H groups in total. The van der Waals surface area contributed by atoms with E-state index in [4.69, 9.17) is 0 Å². The summed E-state index contributed by atoms with van der Waals surface area (Å²) < 4.78 is 1.70. The van der Waals surface area contributed by atoms with Crippen LogP contribution in [0.2, 0.25) is 0 Å². The van der Waals surface area contributed by atoms with Crippen molar-refractivity contribution in [3.8, 4) is 0 Å². The molecule has 0 radical (unpaired) electrons. The number of hydrogen-bond acceptors (Lipinski definition) is 5. The smallest absolute Gasteiger partial charge is 0.261 e. The first-order valence-electron chi connectivity index (χ1n) is 9.97. The summed E-state index contributed by atoms with van der Waals surface area (Å²) in [5.74, 6) is -0.454. The molecule has 2 aromatic carbocycles. The molecule has 158 valence electrons. The molecule has 0 bridgehead atoms. The molecule has 0 saturated carbocycles. The molecular formula is C23H23N5O3. The van der Waals surface area contributed by atoms with Gasteiger partial charge in [0.05, 0.1) is 23.9 Å². The largest absolute Gasteiger partial charge is 0.378 e. The summed E-state index contributed by atoms with van der Waals surface area (Å²) in [6.07, 6.45) is 1.63. The van der Waals surface area contributed by atoms with Gasteiger partial charge < -0.3 is 10.2 Å². The van der Waals surface area contributed by atoms with Gasteiger partial charge in [-0.25, -0.2) is 4.68 Å². The van der Waals surface area contributed by atoms with Crippen LogP contribution in [-0.2, 0) is 11.3 Å². The highest BCUT2D eigenvalue weighted by atomic mass is 16.2. The molecule has 8 heteroatoms. The Bertz CT molecular complexity index is 1100. The SMILES string of the molecule is CN(C)c1ccc(Cn2nccc2NC(=O)CCN2C(=O)c3ccccc3C2=O)cc1. The lowest BCUT2D eigenvalue weighted by Crippen LogP contribution is -2.33. The summed E-state index contributed by atoms with van der Waals surface area (Å²) in [6, 6.07) is 16.5. The van der Waals surface area contributed by atoms with Gasteiger partial charge in [0.1, 0.15) is 5.82 Å². The van der Waals surface area contributed by atoms with E-state index >= 15 is 0 Å². The zero-order valence-corrected chi connectivity index (χ0v) is 17.4. The molecule has 1 aromatic heterocycles. The van der Waals surface area contributed by atoms with E-state index in [1.807, 2.05) is 43.3 Å². The van der Waals surface area contributed by atoms with Crippen LogP contribution < -0.4 is 10.2 Å². The molecule has 2 heterocycles. The maximum Gasteiger partial charge on any atom is 0.261 e. The van der Waals surface area contributed by atoms with Gasteiger partial charge in [0.25, 0.3) is 11.8 Å². The zero-order valence-electron chi connectivity index (χ0n) is 17.4. The van der Waals surface area contributed by atoms with Crippen molar-refractivity contribution in [3.63, 3.8) is 0 Å². The average molecular weight is 417 g/mol. The Kier molecular flexibility index (Phi) is 5.53. The third kappa shape index (κ3) is 4.18. The molecule has 1 aliphatic rings. The number of amides is 3. The number of carbonyl (C=O) groups excluding carboxylic acids is 3. The fourth-order valence-corrected chi connectivity index (χ4v) is 3.50. The monoisotopic (exact) mass is 417 g/mol. The highest BCUT2D eigenvalue weighted by molar-refractivity contribution is 6.21. The van der Waals surface area contributed by atoms with Crippen LogP contribution in [-0.4, -0.2) is 53.0 Å². The second kappa shape index (κ2) is 8.43. The summed E-state index contributed by atoms with van der Waals surface area (Å²) in [4.78, 5) is 40.4. The van der Waals surface area contributed by atoms with Crippen molar-refractivity contribution in [2.24, 2.45) is 0 Å². The van der Waals surface area contributed by atoms with Gasteiger partial charge in [-0.3, -0.25) is 19.3 Å². The molecule has 1 aliphatic heterocycles. The Balaban J connectivity index is 1.35. The van der Waals surface area contributed by atoms with E-state index in [1.54, 1.807) is 41.2 Å². The van der Waals surface area contributed by atoms with Crippen molar-refractivity contribution >= 4 is 29.2 Å². The van der Waals surface area contributed by atoms with Crippen LogP contribution in [0.4, 0.5) is 11.5 Å². The Morgan fingerprint density at radius 2 is 1.61 bits per heavy atom. The second-order valence-corrected chi connectivity index (χ2v) is 7.54. The van der Waals surface area contributed by atoms with E-state index in [-0.39, 0.29) is 30.7 Å². The van der Waals surface area contributed by atoms with E-state index in [2.05, 4.69) is 10.4 Å². The first-order chi connectivity index (χ1) is 14.9. The van der Waals surface area contributed by atoms with Crippen LogP contribution in [0.1, 0.15) is 32.7 Å². The van der Waals surface area contributed by atoms with Crippen molar-refractivity contribution < 1.29 is 14.4 Å². The summed E-state index contributed by atoms with van der Waals surface area (Å²) in [5.41, 5.74) is 2.92. The number of imide groups is 1. The number of nitrogens with one attached hydrogen (secondary N) is 1. The first kappa shape index (κ1) is 20.3. The normalized spacial score (nSPS) is 12.8.